The number of imidazole rings is 1. The molecule has 0 bridgehead atoms. The number of nitrogens with one attached hydrogen (secondary N) is 3. The van der Waals surface area contributed by atoms with Gasteiger partial charge in [-0.2, -0.15) is 0 Å². The third-order valence-corrected chi connectivity index (χ3v) is 8.39. The molecule has 0 aliphatic carbocycles. The number of benzene rings is 2. The summed E-state index contributed by atoms with van der Waals surface area (Å²) >= 11 is 18.2. The number of amides is 2. The molecule has 0 radical (unpaired) electrons. The summed E-state index contributed by atoms with van der Waals surface area (Å²) < 4.78 is 2.75. The summed E-state index contributed by atoms with van der Waals surface area (Å²) in [5.74, 6) is 0.630. The Kier molecular flexibility index (Phi) is 9.48. The molecule has 5 rings (SSSR count). The Labute approximate surface area is 261 Å². The minimum absolute atomic E-state index is 0.0386. The highest BCUT2D eigenvalue weighted by Crippen LogP contribution is 2.27. The van der Waals surface area contributed by atoms with Crippen LogP contribution in [0.15, 0.2) is 82.2 Å². The highest BCUT2D eigenvalue weighted by molar-refractivity contribution is 7.83. The summed E-state index contributed by atoms with van der Waals surface area (Å²) in [4.78, 5) is 36.4. The van der Waals surface area contributed by atoms with Crippen molar-refractivity contribution in [2.45, 2.75) is 30.6 Å². The number of hydrogen-bond acceptors (Lipinski definition) is 6. The summed E-state index contributed by atoms with van der Waals surface area (Å²) in [5.41, 5.74) is 5.10. The Hall–Kier alpha value is -3.83. The van der Waals surface area contributed by atoms with Gasteiger partial charge in [0.05, 0.1) is 28.8 Å². The molecule has 0 spiro atoms. The number of carbonyl (C=O) groups is 1. The molecule has 0 fully saturated rings. The van der Waals surface area contributed by atoms with Crippen molar-refractivity contribution < 1.29 is 4.79 Å². The quantitative estimate of drug-likeness (QED) is 0.128. The van der Waals surface area contributed by atoms with Crippen molar-refractivity contribution in [3.05, 3.63) is 122 Å². The standard InChI is InChI=1S/C30H26Cl2N6O2S2/c1-18-21(14-22-23(31)5-2-6-24(22)32)26(39)11-13-38(18)12-3-4-19-7-9-20(10-8-19)25-15-33-27(36-25)16-34-29(40)37-30-35-17-28(41)42-30/h2-11,13,15,17,41H,12,14,16H2,1H3,(H,33,36)(H2,34,35,37,40)/b4-3+. The van der Waals surface area contributed by atoms with Gasteiger partial charge < -0.3 is 14.9 Å². The normalized spacial score (nSPS) is 11.2. The molecule has 2 amide bonds. The number of rotatable bonds is 9. The molecule has 12 heteroatoms. The number of pyridine rings is 1. The van der Waals surface area contributed by atoms with Crippen LogP contribution in [-0.4, -0.2) is 25.6 Å². The van der Waals surface area contributed by atoms with Crippen molar-refractivity contribution in [1.82, 2.24) is 24.8 Å². The van der Waals surface area contributed by atoms with E-state index in [-0.39, 0.29) is 18.0 Å². The molecule has 8 nitrogen and oxygen atoms in total. The number of carbonyl (C=O) groups excluding carboxylic acids is 1. The predicted octanol–water partition coefficient (Wildman–Crippen LogP) is 7.22. The number of aromatic amines is 1. The summed E-state index contributed by atoms with van der Waals surface area (Å²) in [6.45, 7) is 2.77. The van der Waals surface area contributed by atoms with Crippen molar-refractivity contribution in [1.29, 1.82) is 0 Å². The number of thiazole rings is 1. The van der Waals surface area contributed by atoms with Gasteiger partial charge in [-0.25, -0.2) is 14.8 Å². The van der Waals surface area contributed by atoms with Crippen LogP contribution in [0.5, 0.6) is 0 Å². The van der Waals surface area contributed by atoms with Crippen LogP contribution in [0.2, 0.25) is 10.0 Å². The van der Waals surface area contributed by atoms with E-state index in [0.717, 1.165) is 32.3 Å². The Bertz CT molecular complexity index is 1790. The summed E-state index contributed by atoms with van der Waals surface area (Å²) in [6, 6.07) is 14.6. The molecule has 5 aromatic rings. The fourth-order valence-corrected chi connectivity index (χ4v) is 5.72. The second-order valence-corrected chi connectivity index (χ2v) is 12.0. The van der Waals surface area contributed by atoms with Gasteiger partial charge >= 0.3 is 6.03 Å². The summed E-state index contributed by atoms with van der Waals surface area (Å²) in [6.07, 6.45) is 9.57. The van der Waals surface area contributed by atoms with Crippen molar-refractivity contribution >= 4 is 64.4 Å². The molecule has 0 unspecified atom stereocenters. The van der Waals surface area contributed by atoms with E-state index in [9.17, 15) is 9.59 Å². The Morgan fingerprint density at radius 3 is 2.55 bits per heavy atom. The van der Waals surface area contributed by atoms with E-state index in [1.807, 2.05) is 47.9 Å². The van der Waals surface area contributed by atoms with Crippen LogP contribution in [-0.2, 0) is 19.5 Å². The van der Waals surface area contributed by atoms with E-state index in [2.05, 4.69) is 38.2 Å². The molecule has 42 heavy (non-hydrogen) atoms. The lowest BCUT2D eigenvalue weighted by Gasteiger charge is -2.14. The average molecular weight is 638 g/mol. The molecule has 0 aliphatic heterocycles. The molecule has 3 N–H and O–H groups in total. The van der Waals surface area contributed by atoms with Gasteiger partial charge in [0.2, 0.25) is 0 Å². The van der Waals surface area contributed by atoms with Crippen molar-refractivity contribution in [3.8, 4) is 11.3 Å². The second-order valence-electron chi connectivity index (χ2n) is 9.35. The van der Waals surface area contributed by atoms with E-state index < -0.39 is 0 Å². The first kappa shape index (κ1) is 29.7. The van der Waals surface area contributed by atoms with Crippen LogP contribution in [0.25, 0.3) is 17.3 Å². The number of thiol groups is 1. The Morgan fingerprint density at radius 2 is 1.83 bits per heavy atom. The molecular weight excluding hydrogens is 611 g/mol. The average Bonchev–Trinajstić information content (AvgIpc) is 3.61. The second kappa shape index (κ2) is 13.4. The first-order chi connectivity index (χ1) is 20.3. The lowest BCUT2D eigenvalue weighted by atomic mass is 10.0. The van der Waals surface area contributed by atoms with E-state index in [0.29, 0.717) is 39.5 Å². The first-order valence-corrected chi connectivity index (χ1v) is 14.9. The number of aromatic nitrogens is 4. The highest BCUT2D eigenvalue weighted by atomic mass is 35.5. The monoisotopic (exact) mass is 636 g/mol. The summed E-state index contributed by atoms with van der Waals surface area (Å²) in [5, 5.41) is 6.98. The zero-order chi connectivity index (χ0) is 29.6. The molecular formula is C30H26Cl2N6O2S2. The van der Waals surface area contributed by atoms with Crippen LogP contribution >= 0.6 is 47.2 Å². The molecule has 0 saturated carbocycles. The first-order valence-electron chi connectivity index (χ1n) is 12.9. The topological polar surface area (TPSA) is 105 Å². The van der Waals surface area contributed by atoms with Crippen molar-refractivity contribution in [2.75, 3.05) is 5.32 Å². The fraction of sp³-hybridized carbons (Fsp3) is 0.133. The van der Waals surface area contributed by atoms with Gasteiger partial charge in [0.25, 0.3) is 0 Å². The SMILES string of the molecule is Cc1c(Cc2c(Cl)cccc2Cl)c(=O)ccn1C/C=C/c1ccc(-c2cnc(CNC(=O)Nc3ncc(S)s3)[nH]2)cc1. The van der Waals surface area contributed by atoms with Crippen LogP contribution in [0, 0.1) is 6.92 Å². The van der Waals surface area contributed by atoms with E-state index in [4.69, 9.17) is 23.2 Å². The van der Waals surface area contributed by atoms with Crippen LogP contribution in [0.4, 0.5) is 9.93 Å². The Morgan fingerprint density at radius 1 is 1.07 bits per heavy atom. The molecule has 3 heterocycles. The van der Waals surface area contributed by atoms with Crippen molar-refractivity contribution in [3.63, 3.8) is 0 Å². The third-order valence-electron chi connectivity index (χ3n) is 6.58. The number of anilines is 1. The van der Waals surface area contributed by atoms with Crippen LogP contribution < -0.4 is 16.1 Å². The zero-order valence-electron chi connectivity index (χ0n) is 22.4. The zero-order valence-corrected chi connectivity index (χ0v) is 25.6. The molecule has 2 aromatic carbocycles. The third kappa shape index (κ3) is 7.32. The van der Waals surface area contributed by atoms with Gasteiger partial charge in [0.1, 0.15) is 5.82 Å². The minimum atomic E-state index is -0.370. The minimum Gasteiger partial charge on any atom is -0.347 e. The number of urea groups is 1. The number of allylic oxidation sites excluding steroid dienone is 1. The molecule has 0 aliphatic rings. The molecule has 214 valence electrons. The lowest BCUT2D eigenvalue weighted by Crippen LogP contribution is -2.28. The molecule has 0 saturated heterocycles. The maximum Gasteiger partial charge on any atom is 0.321 e. The van der Waals surface area contributed by atoms with E-state index in [1.165, 1.54) is 11.3 Å². The number of H-pyrrole nitrogens is 1. The van der Waals surface area contributed by atoms with Crippen LogP contribution in [0.1, 0.15) is 28.2 Å². The maximum absolute atomic E-state index is 12.6. The van der Waals surface area contributed by atoms with E-state index >= 15 is 0 Å². The summed E-state index contributed by atoms with van der Waals surface area (Å²) in [7, 11) is 0. The molecule has 3 aromatic heterocycles. The van der Waals surface area contributed by atoms with Crippen molar-refractivity contribution in [2.24, 2.45) is 0 Å². The van der Waals surface area contributed by atoms with Gasteiger partial charge in [-0.1, -0.05) is 77.0 Å². The number of nitrogens with zero attached hydrogens (tertiary/aromatic N) is 3. The van der Waals surface area contributed by atoms with Gasteiger partial charge in [0.15, 0.2) is 10.6 Å². The number of halogens is 2. The highest BCUT2D eigenvalue weighted by Gasteiger charge is 2.13. The van der Waals surface area contributed by atoms with Gasteiger partial charge in [-0.15, -0.1) is 12.6 Å². The van der Waals surface area contributed by atoms with Crippen LogP contribution in [0.3, 0.4) is 0 Å². The van der Waals surface area contributed by atoms with Gasteiger partial charge in [-0.05, 0) is 35.7 Å². The largest absolute Gasteiger partial charge is 0.347 e. The van der Waals surface area contributed by atoms with Gasteiger partial charge in [0, 0.05) is 46.5 Å². The Balaban J connectivity index is 1.18. The number of hydrogen-bond donors (Lipinski definition) is 4. The predicted molar refractivity (Wildman–Crippen MR) is 173 cm³/mol. The van der Waals surface area contributed by atoms with E-state index in [1.54, 1.807) is 42.9 Å². The molecule has 0 atom stereocenters. The smallest absolute Gasteiger partial charge is 0.321 e. The maximum atomic E-state index is 12.6. The fourth-order valence-electron chi connectivity index (χ4n) is 4.32. The lowest BCUT2D eigenvalue weighted by molar-refractivity contribution is 0.251. The van der Waals surface area contributed by atoms with Gasteiger partial charge in [-0.3, -0.25) is 10.1 Å².